The van der Waals surface area contributed by atoms with Crippen molar-refractivity contribution in [3.63, 3.8) is 0 Å². The molecule has 0 radical (unpaired) electrons. The Morgan fingerprint density at radius 2 is 1.62 bits per heavy atom. The number of hydrogen-bond donors (Lipinski definition) is 1. The van der Waals surface area contributed by atoms with Crippen LogP contribution >= 0.6 is 0 Å². The first kappa shape index (κ1) is 21.1. The number of fused-ring (bicyclic) bond motifs is 1. The summed E-state index contributed by atoms with van der Waals surface area (Å²) in [4.78, 5) is 19.7. The standard InChI is InChI=1S/C26H34N4O2/c1-32-25-9-6-22(7-10-25)27-26(31)30-17-15-29(16-18-30)24-8-5-20-11-13-28(23-3-2-4-23)14-12-21(20)19-24/h5-10,19,23H,2-4,11-18H2,1H3,(H,27,31). The quantitative estimate of drug-likeness (QED) is 0.790. The topological polar surface area (TPSA) is 48.1 Å². The Labute approximate surface area is 191 Å². The van der Waals surface area contributed by atoms with Crippen molar-refractivity contribution in [2.75, 3.05) is 56.6 Å². The Kier molecular flexibility index (Phi) is 6.21. The molecule has 0 aromatic heterocycles. The second-order valence-electron chi connectivity index (χ2n) is 9.21. The van der Waals surface area contributed by atoms with Crippen molar-refractivity contribution in [3.05, 3.63) is 53.6 Å². The second-order valence-corrected chi connectivity index (χ2v) is 9.21. The van der Waals surface area contributed by atoms with Gasteiger partial charge in [0.15, 0.2) is 0 Å². The predicted molar refractivity (Wildman–Crippen MR) is 129 cm³/mol. The molecule has 0 bridgehead atoms. The molecule has 5 rings (SSSR count). The molecule has 2 aromatic rings. The first-order valence-electron chi connectivity index (χ1n) is 12.0. The number of piperazine rings is 1. The summed E-state index contributed by atoms with van der Waals surface area (Å²) in [5, 5.41) is 3.00. The molecule has 2 aliphatic heterocycles. The SMILES string of the molecule is COc1ccc(NC(=O)N2CCN(c3ccc4c(c3)CCN(C3CCC3)CC4)CC2)cc1. The van der Waals surface area contributed by atoms with E-state index < -0.39 is 0 Å². The monoisotopic (exact) mass is 434 g/mol. The van der Waals surface area contributed by atoms with Gasteiger partial charge in [0, 0.05) is 56.7 Å². The van der Waals surface area contributed by atoms with Crippen molar-refractivity contribution in [2.24, 2.45) is 0 Å². The highest BCUT2D eigenvalue weighted by Crippen LogP contribution is 2.29. The number of hydrogen-bond acceptors (Lipinski definition) is 4. The fourth-order valence-corrected chi connectivity index (χ4v) is 5.09. The molecule has 0 atom stereocenters. The molecule has 6 heteroatoms. The zero-order valence-electron chi connectivity index (χ0n) is 19.1. The van der Waals surface area contributed by atoms with Crippen LogP contribution in [0.3, 0.4) is 0 Å². The van der Waals surface area contributed by atoms with E-state index in [4.69, 9.17) is 4.74 Å². The van der Waals surface area contributed by atoms with E-state index in [1.807, 2.05) is 29.2 Å². The Morgan fingerprint density at radius 3 is 2.28 bits per heavy atom. The number of nitrogens with one attached hydrogen (secondary N) is 1. The fourth-order valence-electron chi connectivity index (χ4n) is 5.09. The van der Waals surface area contributed by atoms with Gasteiger partial charge < -0.3 is 19.9 Å². The van der Waals surface area contributed by atoms with E-state index in [9.17, 15) is 4.79 Å². The highest BCUT2D eigenvalue weighted by atomic mass is 16.5. The molecule has 1 saturated carbocycles. The molecule has 2 amide bonds. The van der Waals surface area contributed by atoms with Crippen LogP contribution in [0.5, 0.6) is 5.75 Å². The van der Waals surface area contributed by atoms with Gasteiger partial charge in [0.05, 0.1) is 7.11 Å². The lowest BCUT2D eigenvalue weighted by molar-refractivity contribution is 0.133. The molecule has 3 aliphatic rings. The van der Waals surface area contributed by atoms with Crippen molar-refractivity contribution in [1.82, 2.24) is 9.80 Å². The molecule has 1 aliphatic carbocycles. The number of benzene rings is 2. The molecule has 2 fully saturated rings. The molecule has 32 heavy (non-hydrogen) atoms. The number of urea groups is 1. The maximum Gasteiger partial charge on any atom is 0.321 e. The van der Waals surface area contributed by atoms with Crippen LogP contribution in [0.1, 0.15) is 30.4 Å². The zero-order chi connectivity index (χ0) is 21.9. The van der Waals surface area contributed by atoms with Gasteiger partial charge in [0.1, 0.15) is 5.75 Å². The van der Waals surface area contributed by atoms with Crippen LogP contribution in [-0.2, 0) is 12.8 Å². The Balaban J connectivity index is 1.16. The van der Waals surface area contributed by atoms with Crippen molar-refractivity contribution in [1.29, 1.82) is 0 Å². The van der Waals surface area contributed by atoms with Gasteiger partial charge in [-0.3, -0.25) is 4.90 Å². The number of nitrogens with zero attached hydrogens (tertiary/aromatic N) is 3. The van der Waals surface area contributed by atoms with Crippen LogP contribution in [-0.4, -0.2) is 68.3 Å². The fraction of sp³-hybridized carbons (Fsp3) is 0.500. The molecular formula is C26H34N4O2. The van der Waals surface area contributed by atoms with Crippen LogP contribution in [0.25, 0.3) is 0 Å². The van der Waals surface area contributed by atoms with Gasteiger partial charge in [0.25, 0.3) is 0 Å². The predicted octanol–water partition coefficient (Wildman–Crippen LogP) is 4.00. The van der Waals surface area contributed by atoms with Gasteiger partial charge in [-0.2, -0.15) is 0 Å². The minimum atomic E-state index is -0.0344. The highest BCUT2D eigenvalue weighted by molar-refractivity contribution is 5.89. The molecule has 1 N–H and O–H groups in total. The van der Waals surface area contributed by atoms with Gasteiger partial charge >= 0.3 is 6.03 Å². The van der Waals surface area contributed by atoms with E-state index in [0.717, 1.165) is 50.1 Å². The smallest absolute Gasteiger partial charge is 0.321 e. The van der Waals surface area contributed by atoms with Gasteiger partial charge in [0.2, 0.25) is 0 Å². The van der Waals surface area contributed by atoms with Crippen LogP contribution in [0.4, 0.5) is 16.2 Å². The summed E-state index contributed by atoms with van der Waals surface area (Å²) in [5.74, 6) is 0.785. The third-order valence-electron chi connectivity index (χ3n) is 7.39. The maximum absolute atomic E-state index is 12.7. The number of carbonyl (C=O) groups excluding carboxylic acids is 1. The summed E-state index contributed by atoms with van der Waals surface area (Å²) in [6.07, 6.45) is 6.51. The number of amides is 2. The van der Waals surface area contributed by atoms with Crippen molar-refractivity contribution in [2.45, 2.75) is 38.1 Å². The second kappa shape index (κ2) is 9.41. The molecule has 0 spiro atoms. The molecule has 2 heterocycles. The summed E-state index contributed by atoms with van der Waals surface area (Å²) in [6, 6.07) is 15.3. The highest BCUT2D eigenvalue weighted by Gasteiger charge is 2.27. The van der Waals surface area contributed by atoms with Crippen LogP contribution in [0.15, 0.2) is 42.5 Å². The summed E-state index contributed by atoms with van der Waals surface area (Å²) >= 11 is 0. The van der Waals surface area contributed by atoms with Crippen molar-refractivity contribution >= 4 is 17.4 Å². The minimum Gasteiger partial charge on any atom is -0.497 e. The Bertz CT molecular complexity index is 933. The van der Waals surface area contributed by atoms with Gasteiger partial charge in [-0.25, -0.2) is 4.79 Å². The first-order chi connectivity index (χ1) is 15.7. The van der Waals surface area contributed by atoms with Crippen molar-refractivity contribution < 1.29 is 9.53 Å². The number of anilines is 2. The average Bonchev–Trinajstić information content (AvgIpc) is 3.01. The summed E-state index contributed by atoms with van der Waals surface area (Å²) in [7, 11) is 1.64. The van der Waals surface area contributed by atoms with E-state index in [-0.39, 0.29) is 6.03 Å². The Morgan fingerprint density at radius 1 is 0.906 bits per heavy atom. The molecule has 0 unspecified atom stereocenters. The Hall–Kier alpha value is -2.73. The lowest BCUT2D eigenvalue weighted by atomic mass is 9.91. The number of carbonyl (C=O) groups is 1. The zero-order valence-corrected chi connectivity index (χ0v) is 19.1. The maximum atomic E-state index is 12.7. The summed E-state index contributed by atoms with van der Waals surface area (Å²) in [6.45, 7) is 5.59. The van der Waals surface area contributed by atoms with Crippen molar-refractivity contribution in [3.8, 4) is 5.75 Å². The first-order valence-corrected chi connectivity index (χ1v) is 12.0. The molecule has 1 saturated heterocycles. The van der Waals surface area contributed by atoms with E-state index in [0.29, 0.717) is 0 Å². The van der Waals surface area contributed by atoms with E-state index in [1.165, 1.54) is 55.6 Å². The summed E-state index contributed by atoms with van der Waals surface area (Å²) in [5.41, 5.74) is 5.13. The van der Waals surface area contributed by atoms with Crippen LogP contribution < -0.4 is 15.0 Å². The van der Waals surface area contributed by atoms with E-state index in [2.05, 4.69) is 33.3 Å². The molecule has 6 nitrogen and oxygen atoms in total. The largest absolute Gasteiger partial charge is 0.497 e. The number of ether oxygens (including phenoxy) is 1. The average molecular weight is 435 g/mol. The van der Waals surface area contributed by atoms with E-state index >= 15 is 0 Å². The molecule has 2 aromatic carbocycles. The van der Waals surface area contributed by atoms with E-state index in [1.54, 1.807) is 7.11 Å². The van der Waals surface area contributed by atoms with Crippen LogP contribution in [0.2, 0.25) is 0 Å². The lowest BCUT2D eigenvalue weighted by Gasteiger charge is -2.36. The van der Waals surface area contributed by atoms with Gasteiger partial charge in [-0.15, -0.1) is 0 Å². The molecular weight excluding hydrogens is 400 g/mol. The third-order valence-corrected chi connectivity index (χ3v) is 7.39. The normalized spacial score (nSPS) is 19.7. The van der Waals surface area contributed by atoms with Crippen LogP contribution in [0, 0.1) is 0 Å². The lowest BCUT2D eigenvalue weighted by Crippen LogP contribution is -2.50. The molecule has 170 valence electrons. The minimum absolute atomic E-state index is 0.0344. The van der Waals surface area contributed by atoms with Gasteiger partial charge in [-0.1, -0.05) is 12.5 Å². The third kappa shape index (κ3) is 4.56. The summed E-state index contributed by atoms with van der Waals surface area (Å²) < 4.78 is 5.18. The van der Waals surface area contributed by atoms with Gasteiger partial charge in [-0.05, 0) is 73.2 Å². The number of methoxy groups -OCH3 is 1. The number of rotatable bonds is 4.